The van der Waals surface area contributed by atoms with Gasteiger partial charge in [0.05, 0.1) is 6.10 Å². The highest BCUT2D eigenvalue weighted by molar-refractivity contribution is 4.83. The molecular formula is C14H30N2O. The molecule has 1 aliphatic carbocycles. The van der Waals surface area contributed by atoms with Crippen molar-refractivity contribution in [3.8, 4) is 0 Å². The summed E-state index contributed by atoms with van der Waals surface area (Å²) < 4.78 is 5.61. The number of likely N-dealkylation sites (N-methyl/N-ethyl adjacent to an activating group) is 1. The molecule has 3 heteroatoms. The fourth-order valence-corrected chi connectivity index (χ4v) is 2.71. The molecule has 0 aromatic heterocycles. The summed E-state index contributed by atoms with van der Waals surface area (Å²) in [6.45, 7) is 5.48. The first-order valence-corrected chi connectivity index (χ1v) is 7.05. The molecule has 0 aliphatic heterocycles. The summed E-state index contributed by atoms with van der Waals surface area (Å²) in [5.74, 6) is 0.577. The molecular weight excluding hydrogens is 212 g/mol. The predicted molar refractivity (Wildman–Crippen MR) is 73.1 cm³/mol. The lowest BCUT2D eigenvalue weighted by atomic mass is 9.91. The molecule has 1 fully saturated rings. The van der Waals surface area contributed by atoms with Crippen molar-refractivity contribution in [2.75, 3.05) is 20.7 Å². The van der Waals surface area contributed by atoms with Crippen LogP contribution in [0.3, 0.4) is 0 Å². The van der Waals surface area contributed by atoms with Crippen molar-refractivity contribution in [1.82, 2.24) is 4.90 Å². The van der Waals surface area contributed by atoms with E-state index < -0.39 is 0 Å². The fourth-order valence-electron chi connectivity index (χ4n) is 2.71. The molecule has 0 heterocycles. The first-order chi connectivity index (χ1) is 8.06. The number of nitrogens with two attached hydrogens (primary N) is 1. The average Bonchev–Trinajstić information content (AvgIpc) is 2.35. The standard InChI is InChI=1S/C14H30N2O/c1-11(2)12(15)9-10-16(3)13-7-5-6-8-14(13)17-4/h11-14H,5-10,15H2,1-4H3. The molecule has 0 saturated heterocycles. The van der Waals surface area contributed by atoms with E-state index in [9.17, 15) is 0 Å². The van der Waals surface area contributed by atoms with Gasteiger partial charge in [0.1, 0.15) is 0 Å². The zero-order chi connectivity index (χ0) is 12.8. The van der Waals surface area contributed by atoms with Crippen LogP contribution >= 0.6 is 0 Å². The molecule has 1 rings (SSSR count). The fraction of sp³-hybridized carbons (Fsp3) is 1.00. The minimum Gasteiger partial charge on any atom is -0.380 e. The summed E-state index contributed by atoms with van der Waals surface area (Å²) in [5, 5.41) is 0. The Morgan fingerprint density at radius 1 is 1.29 bits per heavy atom. The number of ether oxygens (including phenoxy) is 1. The van der Waals surface area contributed by atoms with Crippen LogP contribution in [0.1, 0.15) is 46.0 Å². The van der Waals surface area contributed by atoms with Gasteiger partial charge in [0.25, 0.3) is 0 Å². The Kier molecular flexibility index (Phi) is 6.45. The highest BCUT2D eigenvalue weighted by Crippen LogP contribution is 2.24. The molecule has 1 saturated carbocycles. The lowest BCUT2D eigenvalue weighted by Gasteiger charge is -2.37. The molecule has 17 heavy (non-hydrogen) atoms. The second-order valence-electron chi connectivity index (χ2n) is 5.80. The van der Waals surface area contributed by atoms with Crippen molar-refractivity contribution in [3.05, 3.63) is 0 Å². The van der Waals surface area contributed by atoms with Gasteiger partial charge >= 0.3 is 0 Å². The third kappa shape index (κ3) is 4.57. The van der Waals surface area contributed by atoms with Crippen molar-refractivity contribution in [1.29, 1.82) is 0 Å². The molecule has 1 aliphatic rings. The molecule has 3 nitrogen and oxygen atoms in total. The number of methoxy groups -OCH3 is 1. The van der Waals surface area contributed by atoms with Gasteiger partial charge in [-0.3, -0.25) is 0 Å². The minimum atomic E-state index is 0.321. The van der Waals surface area contributed by atoms with E-state index in [1.165, 1.54) is 25.7 Å². The summed E-state index contributed by atoms with van der Waals surface area (Å²) in [4.78, 5) is 2.45. The Labute approximate surface area is 107 Å². The van der Waals surface area contributed by atoms with E-state index >= 15 is 0 Å². The van der Waals surface area contributed by atoms with Crippen LogP contribution in [0.2, 0.25) is 0 Å². The number of hydrogen-bond donors (Lipinski definition) is 1. The van der Waals surface area contributed by atoms with Crippen molar-refractivity contribution in [2.24, 2.45) is 11.7 Å². The molecule has 0 spiro atoms. The Balaban J connectivity index is 2.37. The van der Waals surface area contributed by atoms with Crippen molar-refractivity contribution in [3.63, 3.8) is 0 Å². The van der Waals surface area contributed by atoms with Gasteiger partial charge in [0.15, 0.2) is 0 Å². The van der Waals surface area contributed by atoms with Gasteiger partial charge in [-0.05, 0) is 38.8 Å². The average molecular weight is 242 g/mol. The molecule has 102 valence electrons. The number of rotatable bonds is 6. The number of hydrogen-bond acceptors (Lipinski definition) is 3. The van der Waals surface area contributed by atoms with E-state index in [1.54, 1.807) is 0 Å². The largest absolute Gasteiger partial charge is 0.380 e. The van der Waals surface area contributed by atoms with Crippen molar-refractivity contribution >= 4 is 0 Å². The summed E-state index contributed by atoms with van der Waals surface area (Å²) in [6.07, 6.45) is 6.64. The van der Waals surface area contributed by atoms with E-state index in [2.05, 4.69) is 25.8 Å². The van der Waals surface area contributed by atoms with Crippen LogP contribution in [0, 0.1) is 5.92 Å². The van der Waals surface area contributed by atoms with E-state index in [0.717, 1.165) is 13.0 Å². The molecule has 3 unspecified atom stereocenters. The molecule has 2 N–H and O–H groups in total. The van der Waals surface area contributed by atoms with E-state index in [-0.39, 0.29) is 0 Å². The highest BCUT2D eigenvalue weighted by atomic mass is 16.5. The molecule has 0 aromatic rings. The summed E-state index contributed by atoms with van der Waals surface area (Å²) in [6, 6.07) is 0.912. The van der Waals surface area contributed by atoms with Crippen LogP contribution in [0.25, 0.3) is 0 Å². The van der Waals surface area contributed by atoms with Gasteiger partial charge in [-0.15, -0.1) is 0 Å². The lowest BCUT2D eigenvalue weighted by molar-refractivity contribution is -0.00288. The van der Waals surface area contributed by atoms with Crippen LogP contribution in [0.4, 0.5) is 0 Å². The van der Waals surface area contributed by atoms with Crippen LogP contribution < -0.4 is 5.73 Å². The molecule has 0 amide bonds. The van der Waals surface area contributed by atoms with Crippen LogP contribution in [0.5, 0.6) is 0 Å². The third-order valence-corrected chi connectivity index (χ3v) is 4.21. The maximum Gasteiger partial charge on any atom is 0.0726 e. The Bertz CT molecular complexity index is 208. The van der Waals surface area contributed by atoms with E-state index in [4.69, 9.17) is 10.5 Å². The monoisotopic (exact) mass is 242 g/mol. The van der Waals surface area contributed by atoms with E-state index in [0.29, 0.717) is 24.1 Å². The van der Waals surface area contributed by atoms with Crippen LogP contribution in [0.15, 0.2) is 0 Å². The minimum absolute atomic E-state index is 0.321. The van der Waals surface area contributed by atoms with Crippen LogP contribution in [-0.2, 0) is 4.74 Å². The van der Waals surface area contributed by atoms with Crippen molar-refractivity contribution < 1.29 is 4.74 Å². The van der Waals surface area contributed by atoms with Gasteiger partial charge in [-0.1, -0.05) is 26.7 Å². The van der Waals surface area contributed by atoms with Gasteiger partial charge in [0.2, 0.25) is 0 Å². The Morgan fingerprint density at radius 2 is 1.94 bits per heavy atom. The van der Waals surface area contributed by atoms with Crippen LogP contribution in [-0.4, -0.2) is 43.8 Å². The smallest absolute Gasteiger partial charge is 0.0726 e. The lowest BCUT2D eigenvalue weighted by Crippen LogP contribution is -2.45. The summed E-state index contributed by atoms with van der Waals surface area (Å²) in [7, 11) is 4.06. The van der Waals surface area contributed by atoms with Gasteiger partial charge in [-0.2, -0.15) is 0 Å². The third-order valence-electron chi connectivity index (χ3n) is 4.21. The zero-order valence-corrected chi connectivity index (χ0v) is 12.0. The number of nitrogens with zero attached hydrogens (tertiary/aromatic N) is 1. The Morgan fingerprint density at radius 3 is 2.53 bits per heavy atom. The maximum atomic E-state index is 6.10. The second kappa shape index (κ2) is 7.34. The van der Waals surface area contributed by atoms with E-state index in [1.807, 2.05) is 7.11 Å². The molecule has 3 atom stereocenters. The maximum absolute atomic E-state index is 6.10. The quantitative estimate of drug-likeness (QED) is 0.776. The van der Waals surface area contributed by atoms with Gasteiger partial charge in [0, 0.05) is 19.2 Å². The topological polar surface area (TPSA) is 38.5 Å². The Hall–Kier alpha value is -0.120. The molecule has 0 radical (unpaired) electrons. The summed E-state index contributed by atoms with van der Waals surface area (Å²) >= 11 is 0. The van der Waals surface area contributed by atoms with Gasteiger partial charge in [-0.25, -0.2) is 0 Å². The first kappa shape index (κ1) is 14.9. The molecule has 0 aromatic carbocycles. The predicted octanol–water partition coefficient (Wildman–Crippen LogP) is 2.25. The SMILES string of the molecule is COC1CCCCC1N(C)CCC(N)C(C)C. The first-order valence-electron chi connectivity index (χ1n) is 7.05. The molecule has 0 bridgehead atoms. The normalized spacial score (nSPS) is 27.7. The zero-order valence-electron chi connectivity index (χ0n) is 12.0. The van der Waals surface area contributed by atoms with Gasteiger partial charge < -0.3 is 15.4 Å². The highest BCUT2D eigenvalue weighted by Gasteiger charge is 2.28. The second-order valence-corrected chi connectivity index (χ2v) is 5.80. The summed E-state index contributed by atoms with van der Waals surface area (Å²) in [5.41, 5.74) is 6.10. The van der Waals surface area contributed by atoms with Crippen molar-refractivity contribution in [2.45, 2.75) is 64.1 Å².